The van der Waals surface area contributed by atoms with Gasteiger partial charge in [0.25, 0.3) is 5.56 Å². The first-order valence-corrected chi connectivity index (χ1v) is 8.83. The number of hydrogen-bond acceptors (Lipinski definition) is 6. The topological polar surface area (TPSA) is 110 Å². The molecule has 0 aliphatic heterocycles. The van der Waals surface area contributed by atoms with Gasteiger partial charge in [-0.3, -0.25) is 9.89 Å². The van der Waals surface area contributed by atoms with Crippen molar-refractivity contribution >= 4 is 32.6 Å². The van der Waals surface area contributed by atoms with Gasteiger partial charge >= 0.3 is 0 Å². The average molecular weight is 370 g/mol. The van der Waals surface area contributed by atoms with Crippen molar-refractivity contribution in [3.8, 4) is 0 Å². The van der Waals surface area contributed by atoms with Gasteiger partial charge in [0.2, 0.25) is 0 Å². The lowest BCUT2D eigenvalue weighted by molar-refractivity contribution is 0.623. The van der Waals surface area contributed by atoms with Crippen molar-refractivity contribution in [1.29, 1.82) is 0 Å². The number of hydrogen-bond donors (Lipinski definition) is 2. The van der Waals surface area contributed by atoms with E-state index in [1.165, 1.54) is 4.68 Å². The van der Waals surface area contributed by atoms with E-state index in [0.717, 1.165) is 26.4 Å². The number of fused-ring (bicyclic) bond motifs is 3. The molecule has 0 saturated carbocycles. The molecule has 0 bridgehead atoms. The lowest BCUT2D eigenvalue weighted by atomic mass is 10.3. The molecule has 9 nitrogen and oxygen atoms in total. The predicted molar refractivity (Wildman–Crippen MR) is 101 cm³/mol. The fraction of sp³-hybridized carbons (Fsp3) is 0.188. The Balaban J connectivity index is 0.00000112. The number of H-pyrrole nitrogens is 2. The Morgan fingerprint density at radius 2 is 2.27 bits per heavy atom. The van der Waals surface area contributed by atoms with E-state index in [-0.39, 0.29) is 8.41 Å². The maximum absolute atomic E-state index is 12.9. The monoisotopic (exact) mass is 370 g/mol. The Morgan fingerprint density at radius 3 is 3.04 bits per heavy atom. The van der Waals surface area contributed by atoms with Gasteiger partial charge in [-0.2, -0.15) is 10.2 Å². The maximum Gasteiger partial charge on any atom is 0.291 e. The summed E-state index contributed by atoms with van der Waals surface area (Å²) in [7, 11) is 1.86. The summed E-state index contributed by atoms with van der Waals surface area (Å²) in [6.07, 6.45) is 7.53. The minimum Gasteiger partial charge on any atom is -0.347 e. The number of nitrogens with zero attached hydrogens (tertiary/aromatic N) is 6. The van der Waals surface area contributed by atoms with Crippen LogP contribution in [0.5, 0.6) is 0 Å². The summed E-state index contributed by atoms with van der Waals surface area (Å²) >= 11 is 1.58. The first-order valence-electron chi connectivity index (χ1n) is 8.01. The van der Waals surface area contributed by atoms with Crippen LogP contribution < -0.4 is 5.56 Å². The smallest absolute Gasteiger partial charge is 0.291 e. The molecule has 0 unspecified atom stereocenters. The zero-order valence-corrected chi connectivity index (χ0v) is 14.6. The highest BCUT2D eigenvalue weighted by Gasteiger charge is 2.18. The molecule has 0 saturated heterocycles. The van der Waals surface area contributed by atoms with Crippen LogP contribution in [0.4, 0.5) is 0 Å². The zero-order valence-electron chi connectivity index (χ0n) is 13.8. The van der Waals surface area contributed by atoms with E-state index in [1.54, 1.807) is 36.1 Å². The molecule has 5 heterocycles. The summed E-state index contributed by atoms with van der Waals surface area (Å²) < 4.78 is 4.24. The Hall–Kier alpha value is -3.27. The molecule has 0 aliphatic carbocycles. The number of aromatic amines is 2. The lowest BCUT2D eigenvalue weighted by Crippen LogP contribution is -2.25. The number of aromatic nitrogens is 8. The summed E-state index contributed by atoms with van der Waals surface area (Å²) in [5.41, 5.74) is 2.26. The van der Waals surface area contributed by atoms with Crippen LogP contribution in [0.2, 0.25) is 0 Å². The molecule has 0 aromatic carbocycles. The van der Waals surface area contributed by atoms with Crippen molar-refractivity contribution < 1.29 is 2.85 Å². The van der Waals surface area contributed by atoms with E-state index in [1.807, 2.05) is 17.7 Å². The number of rotatable bonds is 4. The SMILES string of the molecule is Cn1c2nc(Cc3ccn[nH]3)sc2c2cnn(Cc3ncc[nH]3)c(=O)c21.[HH].[HH]. The van der Waals surface area contributed by atoms with Crippen molar-refractivity contribution in [2.24, 2.45) is 7.05 Å². The summed E-state index contributed by atoms with van der Waals surface area (Å²) in [5.74, 6) is 0.690. The van der Waals surface area contributed by atoms with Gasteiger partial charge in [-0.25, -0.2) is 14.6 Å². The van der Waals surface area contributed by atoms with Gasteiger partial charge in [-0.05, 0) is 6.07 Å². The standard InChI is InChI=1S/C16H14N8OS.2H2/c1-23-13-10(7-20-24(16(13)25)8-11-17-4-5-18-11)14-15(23)21-12(26-14)6-9-2-3-19-22-9;;/h2-5,7H,6,8H2,1H3,(H,17,18)(H,19,22);2*1H. The molecule has 0 aliphatic rings. The second-order valence-corrected chi connectivity index (χ2v) is 7.07. The van der Waals surface area contributed by atoms with E-state index in [2.05, 4.69) is 25.3 Å². The van der Waals surface area contributed by atoms with E-state index < -0.39 is 0 Å². The molecular formula is C16H18N8OS. The molecule has 5 rings (SSSR count). The summed E-state index contributed by atoms with van der Waals surface area (Å²) in [6.45, 7) is 0.305. The summed E-state index contributed by atoms with van der Waals surface area (Å²) in [5, 5.41) is 13.0. The largest absolute Gasteiger partial charge is 0.347 e. The van der Waals surface area contributed by atoms with Gasteiger partial charge in [-0.15, -0.1) is 11.3 Å². The minimum absolute atomic E-state index is 0. The van der Waals surface area contributed by atoms with Crippen molar-refractivity contribution in [3.63, 3.8) is 0 Å². The van der Waals surface area contributed by atoms with Gasteiger partial charge in [0.15, 0.2) is 5.65 Å². The first kappa shape index (κ1) is 15.0. The highest BCUT2D eigenvalue weighted by molar-refractivity contribution is 7.19. The number of thiazole rings is 1. The minimum atomic E-state index is -0.151. The fourth-order valence-corrected chi connectivity index (χ4v) is 4.22. The molecule has 0 spiro atoms. The first-order chi connectivity index (χ1) is 12.7. The van der Waals surface area contributed by atoms with Crippen molar-refractivity contribution in [2.45, 2.75) is 13.0 Å². The highest BCUT2D eigenvalue weighted by Crippen LogP contribution is 2.31. The van der Waals surface area contributed by atoms with Gasteiger partial charge in [-0.1, -0.05) is 0 Å². The van der Waals surface area contributed by atoms with Crippen LogP contribution in [-0.4, -0.2) is 39.5 Å². The molecular weight excluding hydrogens is 352 g/mol. The second kappa shape index (κ2) is 5.63. The maximum atomic E-state index is 12.9. The van der Waals surface area contributed by atoms with Crippen LogP contribution in [0.25, 0.3) is 21.3 Å². The summed E-state index contributed by atoms with van der Waals surface area (Å²) in [4.78, 5) is 24.7. The molecule has 2 N–H and O–H groups in total. The van der Waals surface area contributed by atoms with Gasteiger partial charge < -0.3 is 9.55 Å². The van der Waals surface area contributed by atoms with Crippen LogP contribution in [-0.2, 0) is 20.0 Å². The third-order valence-corrected chi connectivity index (χ3v) is 5.40. The van der Waals surface area contributed by atoms with Crippen LogP contribution in [0.1, 0.15) is 19.4 Å². The van der Waals surface area contributed by atoms with Gasteiger partial charge in [0.05, 0.1) is 10.9 Å². The van der Waals surface area contributed by atoms with Crippen molar-refractivity contribution in [1.82, 2.24) is 39.5 Å². The Morgan fingerprint density at radius 1 is 1.35 bits per heavy atom. The lowest BCUT2D eigenvalue weighted by Gasteiger charge is -2.03. The van der Waals surface area contributed by atoms with Crippen LogP contribution in [0.15, 0.2) is 35.6 Å². The second-order valence-electron chi connectivity index (χ2n) is 5.98. The number of aryl methyl sites for hydroxylation is 1. The zero-order chi connectivity index (χ0) is 17.7. The van der Waals surface area contributed by atoms with Crippen LogP contribution >= 0.6 is 11.3 Å². The molecule has 26 heavy (non-hydrogen) atoms. The quantitative estimate of drug-likeness (QED) is 0.502. The normalized spacial score (nSPS) is 11.7. The van der Waals surface area contributed by atoms with E-state index >= 15 is 0 Å². The van der Waals surface area contributed by atoms with Gasteiger partial charge in [0.1, 0.15) is 22.9 Å². The fourth-order valence-electron chi connectivity index (χ4n) is 3.09. The average Bonchev–Trinajstić information content (AvgIpc) is 3.39. The highest BCUT2D eigenvalue weighted by atomic mass is 32.1. The molecule has 134 valence electrons. The summed E-state index contributed by atoms with van der Waals surface area (Å²) in [6, 6.07) is 1.93. The Bertz CT molecular complexity index is 1270. The molecule has 0 atom stereocenters. The molecule has 5 aromatic heterocycles. The van der Waals surface area contributed by atoms with E-state index in [4.69, 9.17) is 4.98 Å². The molecule has 0 radical (unpaired) electrons. The number of imidazole rings is 1. The van der Waals surface area contributed by atoms with Crippen LogP contribution in [0.3, 0.4) is 0 Å². The van der Waals surface area contributed by atoms with Crippen molar-refractivity contribution in [2.75, 3.05) is 0 Å². The molecule has 0 fully saturated rings. The Kier molecular flexibility index (Phi) is 3.25. The van der Waals surface area contributed by atoms with Crippen molar-refractivity contribution in [3.05, 3.63) is 57.7 Å². The molecule has 0 amide bonds. The van der Waals surface area contributed by atoms with Gasteiger partial charge in [0, 0.05) is 46.0 Å². The Labute approximate surface area is 153 Å². The van der Waals surface area contributed by atoms with E-state index in [9.17, 15) is 4.79 Å². The van der Waals surface area contributed by atoms with Crippen LogP contribution in [0, 0.1) is 0 Å². The predicted octanol–water partition coefficient (Wildman–Crippen LogP) is 1.92. The third-order valence-electron chi connectivity index (χ3n) is 4.32. The molecule has 5 aromatic rings. The third kappa shape index (κ3) is 2.26. The molecule has 10 heteroatoms. The van der Waals surface area contributed by atoms with E-state index in [0.29, 0.717) is 24.3 Å². The number of nitrogens with one attached hydrogen (secondary N) is 2.